The maximum absolute atomic E-state index is 12.0. The second-order valence-electron chi connectivity index (χ2n) is 4.36. The number of carbonyl (C=O) groups excluding carboxylic acids is 1. The van der Waals surface area contributed by atoms with Gasteiger partial charge in [-0.2, -0.15) is 0 Å². The topological polar surface area (TPSA) is 44.7 Å². The fourth-order valence-corrected chi connectivity index (χ4v) is 2.51. The van der Waals surface area contributed by atoms with Gasteiger partial charge in [-0.3, -0.25) is 4.79 Å². The number of rotatable bonds is 4. The van der Waals surface area contributed by atoms with Crippen molar-refractivity contribution in [3.63, 3.8) is 0 Å². The van der Waals surface area contributed by atoms with Crippen molar-refractivity contribution in [3.05, 3.63) is 12.8 Å². The summed E-state index contributed by atoms with van der Waals surface area (Å²) in [5.74, 6) is 0.0767. The lowest BCUT2D eigenvalue weighted by Crippen LogP contribution is -2.47. The van der Waals surface area contributed by atoms with Gasteiger partial charge in [-0.05, 0) is 42.4 Å². The van der Waals surface area contributed by atoms with Gasteiger partial charge in [0.1, 0.15) is 6.04 Å². The fourth-order valence-electron chi connectivity index (χ4n) is 1.89. The smallest absolute Gasteiger partial charge is 0.242 e. The molecule has 4 nitrogen and oxygen atoms in total. The van der Waals surface area contributed by atoms with Crippen LogP contribution in [-0.2, 0) is 4.79 Å². The highest BCUT2D eigenvalue weighted by Gasteiger charge is 2.23. The number of hydrogen-bond donors (Lipinski definition) is 1. The van der Waals surface area contributed by atoms with Gasteiger partial charge in [-0.25, -0.2) is 4.99 Å². The first-order valence-electron chi connectivity index (χ1n) is 5.93. The molecule has 5 heteroatoms. The lowest BCUT2D eigenvalue weighted by molar-refractivity contribution is -0.124. The molecule has 1 fully saturated rings. The highest BCUT2D eigenvalue weighted by molar-refractivity contribution is 14.1. The molecule has 0 aromatic carbocycles. The van der Waals surface area contributed by atoms with E-state index in [4.69, 9.17) is 0 Å². The quantitative estimate of drug-likeness (QED) is 0.366. The van der Waals surface area contributed by atoms with Crippen LogP contribution in [0.15, 0.2) is 17.8 Å². The molecular weight excluding hydrogens is 329 g/mol. The standard InChI is InChI=1S/C12H20IN3O/c1-4-14-12(13)16(3)9(2)11(17)15-10-7-5-6-8-10/h4,9-10H,1,5-8H2,2-3H3,(H,15,17). The lowest BCUT2D eigenvalue weighted by atomic mass is 10.2. The zero-order valence-electron chi connectivity index (χ0n) is 10.4. The van der Waals surface area contributed by atoms with Gasteiger partial charge in [-0.15, -0.1) is 0 Å². The Bertz CT molecular complexity index is 311. The van der Waals surface area contributed by atoms with Crippen LogP contribution in [0.2, 0.25) is 0 Å². The molecule has 1 N–H and O–H groups in total. The largest absolute Gasteiger partial charge is 0.352 e. The van der Waals surface area contributed by atoms with E-state index in [1.807, 2.05) is 18.9 Å². The Kier molecular flexibility index (Phi) is 5.94. The number of halogens is 1. The van der Waals surface area contributed by atoms with Gasteiger partial charge in [0.05, 0.1) is 0 Å². The second-order valence-corrected chi connectivity index (χ2v) is 5.32. The van der Waals surface area contributed by atoms with Gasteiger partial charge in [0.15, 0.2) is 3.84 Å². The summed E-state index contributed by atoms with van der Waals surface area (Å²) in [4.78, 5) is 17.9. The highest BCUT2D eigenvalue weighted by atomic mass is 127. The number of aliphatic imine (C=N–C) groups is 1. The molecule has 0 spiro atoms. The summed E-state index contributed by atoms with van der Waals surface area (Å²) in [5, 5.41) is 3.09. The van der Waals surface area contributed by atoms with Crippen LogP contribution in [0.4, 0.5) is 0 Å². The Morgan fingerprint density at radius 2 is 2.18 bits per heavy atom. The molecule has 1 amide bonds. The third-order valence-electron chi connectivity index (χ3n) is 3.15. The van der Waals surface area contributed by atoms with E-state index in [0.717, 1.165) is 16.7 Å². The molecule has 1 saturated carbocycles. The van der Waals surface area contributed by atoms with Gasteiger partial charge in [0.25, 0.3) is 0 Å². The predicted molar refractivity (Wildman–Crippen MR) is 79.3 cm³/mol. The molecule has 1 rings (SSSR count). The molecule has 0 aromatic rings. The SMILES string of the molecule is C=CN=C(I)N(C)C(C)C(=O)NC1CCCC1. The summed E-state index contributed by atoms with van der Waals surface area (Å²) < 4.78 is 0.770. The van der Waals surface area contributed by atoms with E-state index >= 15 is 0 Å². The van der Waals surface area contributed by atoms with Crippen LogP contribution in [0.1, 0.15) is 32.6 Å². The van der Waals surface area contributed by atoms with Crippen LogP contribution in [0.25, 0.3) is 0 Å². The average Bonchev–Trinajstić information content (AvgIpc) is 2.80. The van der Waals surface area contributed by atoms with Crippen molar-refractivity contribution in [3.8, 4) is 0 Å². The van der Waals surface area contributed by atoms with Crippen LogP contribution in [0, 0.1) is 0 Å². The van der Waals surface area contributed by atoms with Crippen molar-refractivity contribution in [1.29, 1.82) is 0 Å². The van der Waals surface area contributed by atoms with E-state index in [9.17, 15) is 4.79 Å². The summed E-state index contributed by atoms with van der Waals surface area (Å²) in [7, 11) is 1.87. The van der Waals surface area contributed by atoms with Crippen LogP contribution in [-0.4, -0.2) is 33.8 Å². The fraction of sp³-hybridized carbons (Fsp3) is 0.667. The van der Waals surface area contributed by atoms with Crippen molar-refractivity contribution in [2.75, 3.05) is 7.05 Å². The summed E-state index contributed by atoms with van der Waals surface area (Å²) in [6.45, 7) is 5.44. The van der Waals surface area contributed by atoms with Gasteiger partial charge in [0.2, 0.25) is 5.91 Å². The minimum atomic E-state index is -0.203. The second kappa shape index (κ2) is 6.98. The molecule has 96 valence electrons. The van der Waals surface area contributed by atoms with Crippen molar-refractivity contribution in [1.82, 2.24) is 10.2 Å². The molecule has 1 aliphatic carbocycles. The number of amidine groups is 1. The maximum Gasteiger partial charge on any atom is 0.242 e. The molecule has 1 atom stereocenters. The van der Waals surface area contributed by atoms with E-state index in [2.05, 4.69) is 39.5 Å². The Morgan fingerprint density at radius 3 is 2.71 bits per heavy atom. The van der Waals surface area contributed by atoms with Crippen molar-refractivity contribution in [2.45, 2.75) is 44.7 Å². The molecule has 1 unspecified atom stereocenters. The molecule has 0 aromatic heterocycles. The Labute approximate surface area is 117 Å². The lowest BCUT2D eigenvalue weighted by Gasteiger charge is -2.25. The first-order chi connectivity index (χ1) is 8.06. The Morgan fingerprint density at radius 1 is 1.59 bits per heavy atom. The molecule has 1 aliphatic rings. The molecule has 0 aliphatic heterocycles. The van der Waals surface area contributed by atoms with E-state index in [0.29, 0.717) is 6.04 Å². The van der Waals surface area contributed by atoms with Crippen LogP contribution >= 0.6 is 22.6 Å². The predicted octanol–water partition coefficient (Wildman–Crippen LogP) is 2.30. The highest BCUT2D eigenvalue weighted by Crippen LogP contribution is 2.18. The normalized spacial score (nSPS) is 18.9. The number of nitrogens with zero attached hydrogens (tertiary/aromatic N) is 2. The number of carbonyl (C=O) groups is 1. The van der Waals surface area contributed by atoms with E-state index in [1.54, 1.807) is 0 Å². The summed E-state index contributed by atoms with van der Waals surface area (Å²) >= 11 is 2.11. The van der Waals surface area contributed by atoms with Crippen molar-refractivity contribution >= 4 is 32.3 Å². The monoisotopic (exact) mass is 349 g/mol. The van der Waals surface area contributed by atoms with Crippen LogP contribution in [0.3, 0.4) is 0 Å². The van der Waals surface area contributed by atoms with Crippen LogP contribution in [0.5, 0.6) is 0 Å². The minimum Gasteiger partial charge on any atom is -0.352 e. The van der Waals surface area contributed by atoms with E-state index in [1.165, 1.54) is 19.0 Å². The van der Waals surface area contributed by atoms with Gasteiger partial charge in [0, 0.05) is 19.3 Å². The molecule has 0 bridgehead atoms. The molecular formula is C12H20IN3O. The third-order valence-corrected chi connectivity index (χ3v) is 4.19. The molecule has 0 heterocycles. The minimum absolute atomic E-state index is 0.0767. The van der Waals surface area contributed by atoms with Gasteiger partial charge >= 0.3 is 0 Å². The van der Waals surface area contributed by atoms with Crippen molar-refractivity contribution < 1.29 is 4.79 Å². The Balaban J connectivity index is 2.50. The number of hydrogen-bond acceptors (Lipinski definition) is 2. The van der Waals surface area contributed by atoms with E-state index in [-0.39, 0.29) is 11.9 Å². The Hall–Kier alpha value is -0.590. The number of amides is 1. The average molecular weight is 349 g/mol. The number of likely N-dealkylation sites (N-methyl/N-ethyl adjacent to an activating group) is 1. The summed E-state index contributed by atoms with van der Waals surface area (Å²) in [6.07, 6.45) is 6.16. The summed E-state index contributed by atoms with van der Waals surface area (Å²) in [6, 6.07) is 0.165. The zero-order valence-corrected chi connectivity index (χ0v) is 12.6. The van der Waals surface area contributed by atoms with Crippen LogP contribution < -0.4 is 5.32 Å². The first kappa shape index (κ1) is 14.5. The number of nitrogens with one attached hydrogen (secondary N) is 1. The first-order valence-corrected chi connectivity index (χ1v) is 7.01. The van der Waals surface area contributed by atoms with Gasteiger partial charge < -0.3 is 10.2 Å². The van der Waals surface area contributed by atoms with Crippen molar-refractivity contribution in [2.24, 2.45) is 4.99 Å². The molecule has 17 heavy (non-hydrogen) atoms. The summed E-state index contributed by atoms with van der Waals surface area (Å²) in [5.41, 5.74) is 0. The van der Waals surface area contributed by atoms with Gasteiger partial charge in [-0.1, -0.05) is 19.4 Å². The maximum atomic E-state index is 12.0. The van der Waals surface area contributed by atoms with E-state index < -0.39 is 0 Å². The zero-order chi connectivity index (χ0) is 12.8. The third kappa shape index (κ3) is 4.29. The molecule has 0 radical (unpaired) electrons. The molecule has 0 saturated heterocycles.